The second kappa shape index (κ2) is 5.14. The van der Waals surface area contributed by atoms with Gasteiger partial charge in [0.25, 0.3) is 0 Å². The molecule has 2 aromatic rings. The Hall–Kier alpha value is -1.29. The Bertz CT molecular complexity index is 548. The van der Waals surface area contributed by atoms with Gasteiger partial charge in [0, 0.05) is 16.6 Å². The Labute approximate surface area is 111 Å². The summed E-state index contributed by atoms with van der Waals surface area (Å²) >= 11 is 1.64. The first-order chi connectivity index (χ1) is 8.49. The molecule has 0 spiro atoms. The van der Waals surface area contributed by atoms with E-state index in [1.807, 2.05) is 6.92 Å². The van der Waals surface area contributed by atoms with E-state index in [-0.39, 0.29) is 5.82 Å². The number of pyridine rings is 1. The van der Waals surface area contributed by atoms with Gasteiger partial charge in [-0.1, -0.05) is 20.8 Å². The van der Waals surface area contributed by atoms with Gasteiger partial charge in [0.15, 0.2) is 0 Å². The molecular formula is C14H17FN2S. The van der Waals surface area contributed by atoms with Crippen molar-refractivity contribution in [3.05, 3.63) is 34.8 Å². The predicted octanol–water partition coefficient (Wildman–Crippen LogP) is 4.41. The molecule has 0 aliphatic heterocycles. The highest BCUT2D eigenvalue weighted by atomic mass is 32.1. The second-order valence-electron chi connectivity index (χ2n) is 4.89. The van der Waals surface area contributed by atoms with Crippen LogP contribution in [0.3, 0.4) is 0 Å². The number of hydrogen-bond donors (Lipinski definition) is 0. The van der Waals surface area contributed by atoms with Gasteiger partial charge in [-0.15, -0.1) is 11.3 Å². The lowest BCUT2D eigenvalue weighted by Crippen LogP contribution is -2.01. The summed E-state index contributed by atoms with van der Waals surface area (Å²) in [4.78, 5) is 9.69. The van der Waals surface area contributed by atoms with Crippen LogP contribution in [0, 0.1) is 18.7 Å². The van der Waals surface area contributed by atoms with E-state index in [2.05, 4.69) is 30.7 Å². The Morgan fingerprint density at radius 1 is 1.22 bits per heavy atom. The number of hydrogen-bond acceptors (Lipinski definition) is 3. The molecule has 0 amide bonds. The highest BCUT2D eigenvalue weighted by Gasteiger charge is 2.18. The number of aryl methyl sites for hydroxylation is 1. The van der Waals surface area contributed by atoms with Crippen LogP contribution in [0.4, 0.5) is 4.39 Å². The quantitative estimate of drug-likeness (QED) is 0.820. The normalized spacial score (nSPS) is 13.0. The number of thiazole rings is 1. The molecule has 0 radical (unpaired) electrons. The minimum atomic E-state index is -0.321. The van der Waals surface area contributed by atoms with Crippen molar-refractivity contribution >= 4 is 11.3 Å². The van der Waals surface area contributed by atoms with Crippen molar-refractivity contribution in [2.45, 2.75) is 33.6 Å². The molecule has 2 nitrogen and oxygen atoms in total. The Morgan fingerprint density at radius 3 is 2.56 bits per heavy atom. The molecule has 0 aliphatic carbocycles. The van der Waals surface area contributed by atoms with E-state index in [1.165, 1.54) is 17.1 Å². The molecule has 0 N–H and O–H groups in total. The monoisotopic (exact) mass is 264 g/mol. The molecule has 0 bridgehead atoms. The third kappa shape index (κ3) is 2.58. The summed E-state index contributed by atoms with van der Waals surface area (Å²) in [7, 11) is 0. The average Bonchev–Trinajstić information content (AvgIpc) is 2.70. The molecule has 0 saturated heterocycles. The molecule has 18 heavy (non-hydrogen) atoms. The van der Waals surface area contributed by atoms with E-state index < -0.39 is 0 Å². The SMILES string of the molecule is Cc1nc(-c2cncc(F)c2)sc1C(C)C(C)C. The maximum absolute atomic E-state index is 13.2. The maximum atomic E-state index is 13.2. The maximum Gasteiger partial charge on any atom is 0.142 e. The highest BCUT2D eigenvalue weighted by molar-refractivity contribution is 7.15. The molecule has 4 heteroatoms. The van der Waals surface area contributed by atoms with Gasteiger partial charge in [-0.05, 0) is 24.8 Å². The third-order valence-electron chi connectivity index (χ3n) is 3.20. The molecule has 2 aromatic heterocycles. The van der Waals surface area contributed by atoms with Gasteiger partial charge >= 0.3 is 0 Å². The van der Waals surface area contributed by atoms with Gasteiger partial charge in [-0.25, -0.2) is 9.37 Å². The number of nitrogens with zero attached hydrogens (tertiary/aromatic N) is 2. The fourth-order valence-electron chi connectivity index (χ4n) is 1.79. The molecule has 2 heterocycles. The summed E-state index contributed by atoms with van der Waals surface area (Å²) in [5.74, 6) is 0.721. The molecule has 0 aliphatic rings. The van der Waals surface area contributed by atoms with E-state index in [0.29, 0.717) is 11.8 Å². The van der Waals surface area contributed by atoms with Crippen LogP contribution < -0.4 is 0 Å². The molecule has 1 atom stereocenters. The van der Waals surface area contributed by atoms with Crippen LogP contribution in [0.2, 0.25) is 0 Å². The van der Waals surface area contributed by atoms with Crippen molar-refractivity contribution in [3.63, 3.8) is 0 Å². The van der Waals surface area contributed by atoms with Gasteiger partial charge < -0.3 is 0 Å². The Kier molecular flexibility index (Phi) is 3.76. The van der Waals surface area contributed by atoms with Crippen LogP contribution in [0.15, 0.2) is 18.5 Å². The zero-order valence-electron chi connectivity index (χ0n) is 11.1. The van der Waals surface area contributed by atoms with Crippen LogP contribution in [0.25, 0.3) is 10.6 Å². The summed E-state index contributed by atoms with van der Waals surface area (Å²) < 4.78 is 13.2. The van der Waals surface area contributed by atoms with Gasteiger partial charge in [0.1, 0.15) is 10.8 Å². The minimum Gasteiger partial charge on any atom is -0.261 e. The lowest BCUT2D eigenvalue weighted by atomic mass is 9.96. The van der Waals surface area contributed by atoms with Crippen LogP contribution >= 0.6 is 11.3 Å². The van der Waals surface area contributed by atoms with Gasteiger partial charge in [0.05, 0.1) is 11.9 Å². The fourth-order valence-corrected chi connectivity index (χ4v) is 3.06. The van der Waals surface area contributed by atoms with E-state index in [1.54, 1.807) is 17.5 Å². The van der Waals surface area contributed by atoms with Crippen molar-refractivity contribution in [1.82, 2.24) is 9.97 Å². The van der Waals surface area contributed by atoms with Gasteiger partial charge in [-0.3, -0.25) is 4.98 Å². The zero-order chi connectivity index (χ0) is 13.3. The number of rotatable bonds is 3. The lowest BCUT2D eigenvalue weighted by molar-refractivity contribution is 0.539. The standard InChI is InChI=1S/C14H17FN2S/c1-8(2)9(3)13-10(4)17-14(18-13)11-5-12(15)7-16-6-11/h5-9H,1-4H3. The highest BCUT2D eigenvalue weighted by Crippen LogP contribution is 2.35. The summed E-state index contributed by atoms with van der Waals surface area (Å²) in [6.07, 6.45) is 2.87. The van der Waals surface area contributed by atoms with E-state index in [4.69, 9.17) is 0 Å². The third-order valence-corrected chi connectivity index (χ3v) is 4.61. The van der Waals surface area contributed by atoms with Crippen molar-refractivity contribution in [2.24, 2.45) is 5.92 Å². The van der Waals surface area contributed by atoms with E-state index in [9.17, 15) is 4.39 Å². The molecule has 0 fully saturated rings. The zero-order valence-corrected chi connectivity index (χ0v) is 11.9. The van der Waals surface area contributed by atoms with Crippen LogP contribution in [0.5, 0.6) is 0 Å². The Morgan fingerprint density at radius 2 is 1.94 bits per heavy atom. The minimum absolute atomic E-state index is 0.321. The topological polar surface area (TPSA) is 25.8 Å². The van der Waals surface area contributed by atoms with Gasteiger partial charge in [-0.2, -0.15) is 0 Å². The Balaban J connectivity index is 2.40. The molecule has 96 valence electrons. The number of halogens is 1. The summed E-state index contributed by atoms with van der Waals surface area (Å²) in [5.41, 5.74) is 1.80. The smallest absolute Gasteiger partial charge is 0.142 e. The molecular weight excluding hydrogens is 247 g/mol. The first-order valence-electron chi connectivity index (χ1n) is 6.07. The first-order valence-corrected chi connectivity index (χ1v) is 6.89. The summed E-state index contributed by atoms with van der Waals surface area (Å²) in [5, 5.41) is 0.849. The average molecular weight is 264 g/mol. The van der Waals surface area contributed by atoms with Crippen LogP contribution in [0.1, 0.15) is 37.3 Å². The summed E-state index contributed by atoms with van der Waals surface area (Å²) in [6.45, 7) is 8.63. The molecule has 0 aromatic carbocycles. The second-order valence-corrected chi connectivity index (χ2v) is 5.92. The van der Waals surface area contributed by atoms with E-state index in [0.717, 1.165) is 16.3 Å². The van der Waals surface area contributed by atoms with Crippen molar-refractivity contribution in [3.8, 4) is 10.6 Å². The van der Waals surface area contributed by atoms with Gasteiger partial charge in [0.2, 0.25) is 0 Å². The molecule has 0 saturated carbocycles. The molecule has 1 unspecified atom stereocenters. The summed E-state index contributed by atoms with van der Waals surface area (Å²) in [6, 6.07) is 1.48. The molecule has 2 rings (SSSR count). The predicted molar refractivity (Wildman–Crippen MR) is 73.3 cm³/mol. The van der Waals surface area contributed by atoms with E-state index >= 15 is 0 Å². The first kappa shape index (κ1) is 13.1. The van der Waals surface area contributed by atoms with Crippen LogP contribution in [-0.2, 0) is 0 Å². The largest absolute Gasteiger partial charge is 0.261 e. The van der Waals surface area contributed by atoms with Crippen LogP contribution in [-0.4, -0.2) is 9.97 Å². The fraction of sp³-hybridized carbons (Fsp3) is 0.429. The lowest BCUT2D eigenvalue weighted by Gasteiger charge is -2.13. The van der Waals surface area contributed by atoms with Crippen molar-refractivity contribution in [2.75, 3.05) is 0 Å². The number of aromatic nitrogens is 2. The van der Waals surface area contributed by atoms with Crippen molar-refractivity contribution in [1.29, 1.82) is 0 Å². The van der Waals surface area contributed by atoms with Crippen molar-refractivity contribution < 1.29 is 4.39 Å².